The third-order valence-electron chi connectivity index (χ3n) is 6.15. The summed E-state index contributed by atoms with van der Waals surface area (Å²) in [6.45, 7) is 0.348. The van der Waals surface area contributed by atoms with Crippen molar-refractivity contribution < 1.29 is 30.9 Å². The van der Waals surface area contributed by atoms with E-state index in [-0.39, 0.29) is 24.1 Å². The van der Waals surface area contributed by atoms with Gasteiger partial charge in [0.15, 0.2) is 5.76 Å². The Balaban J connectivity index is 1.21. The summed E-state index contributed by atoms with van der Waals surface area (Å²) in [6, 6.07) is 10.5. The Morgan fingerprint density at radius 3 is 2.58 bits per heavy atom. The van der Waals surface area contributed by atoms with E-state index in [0.717, 1.165) is 28.2 Å². The summed E-state index contributed by atoms with van der Waals surface area (Å²) < 4.78 is 84.8. The molecule has 3 aromatic heterocycles. The number of nitrogens with one attached hydrogen (secondary N) is 2. The number of hydrogen-bond acceptors (Lipinski definition) is 5. The Morgan fingerprint density at radius 2 is 1.79 bits per heavy atom. The van der Waals surface area contributed by atoms with Crippen molar-refractivity contribution in [3.63, 3.8) is 0 Å². The van der Waals surface area contributed by atoms with Crippen LogP contribution in [0.25, 0.3) is 33.5 Å². The third-order valence-corrected chi connectivity index (χ3v) is 6.15. The Kier molecular flexibility index (Phi) is 5.33. The van der Waals surface area contributed by atoms with Gasteiger partial charge in [-0.25, -0.2) is 4.98 Å². The molecule has 0 aliphatic carbocycles. The molecule has 0 amide bonds. The molecule has 38 heavy (non-hydrogen) atoms. The van der Waals surface area contributed by atoms with Crippen LogP contribution in [0.3, 0.4) is 0 Å². The lowest BCUT2D eigenvalue weighted by molar-refractivity contribution is -0.142. The first-order valence-electron chi connectivity index (χ1n) is 11.2. The predicted octanol–water partition coefficient (Wildman–Crippen LogP) is 6.60. The minimum absolute atomic E-state index is 0.0580. The zero-order valence-corrected chi connectivity index (χ0v) is 19.2. The first-order chi connectivity index (χ1) is 18.0. The highest BCUT2D eigenvalue weighted by atomic mass is 19.4. The zero-order valence-electron chi connectivity index (χ0n) is 19.2. The number of hydrazone groups is 1. The van der Waals surface area contributed by atoms with Gasteiger partial charge in [0.25, 0.3) is 0 Å². The lowest BCUT2D eigenvalue weighted by Crippen LogP contribution is -2.21. The van der Waals surface area contributed by atoms with E-state index < -0.39 is 29.0 Å². The summed E-state index contributed by atoms with van der Waals surface area (Å²) in [6.07, 6.45) is -6.51. The quantitative estimate of drug-likeness (QED) is 0.257. The molecule has 0 atom stereocenters. The monoisotopic (exact) mass is 530 g/mol. The lowest BCUT2D eigenvalue weighted by Gasteiger charge is -2.19. The van der Waals surface area contributed by atoms with E-state index in [1.165, 1.54) is 6.07 Å². The van der Waals surface area contributed by atoms with Gasteiger partial charge < -0.3 is 14.5 Å². The van der Waals surface area contributed by atoms with E-state index >= 15 is 0 Å². The molecule has 2 aromatic carbocycles. The Hall–Kier alpha value is -4.55. The summed E-state index contributed by atoms with van der Waals surface area (Å²) in [7, 11) is 0. The fourth-order valence-corrected chi connectivity index (χ4v) is 4.31. The fraction of sp³-hybridized carbons (Fsp3) is 0.160. The van der Waals surface area contributed by atoms with Gasteiger partial charge in [-0.05, 0) is 36.4 Å². The molecule has 0 spiro atoms. The van der Waals surface area contributed by atoms with Crippen LogP contribution in [-0.4, -0.2) is 31.3 Å². The van der Waals surface area contributed by atoms with Crippen molar-refractivity contribution in [1.82, 2.24) is 25.1 Å². The van der Waals surface area contributed by atoms with E-state index in [2.05, 4.69) is 25.2 Å². The van der Waals surface area contributed by atoms with Crippen molar-refractivity contribution >= 4 is 17.1 Å². The van der Waals surface area contributed by atoms with Gasteiger partial charge in [0.1, 0.15) is 11.5 Å². The van der Waals surface area contributed by atoms with Crippen molar-refractivity contribution in [2.75, 3.05) is 0 Å². The first kappa shape index (κ1) is 23.8. The molecule has 1 aliphatic heterocycles. The maximum Gasteiger partial charge on any atom is 0.417 e. The second-order valence-electron chi connectivity index (χ2n) is 8.73. The second-order valence-corrected chi connectivity index (χ2v) is 8.73. The SMILES string of the molecule is FC(F)(F)c1ccc(-c2cc(CN3Cc4nc(-c5ccc6[nH]ccc6c5)[nH]c4C=N3)on2)c(C(F)(F)F)c1. The number of aromatic nitrogens is 4. The van der Waals surface area contributed by atoms with Gasteiger partial charge >= 0.3 is 12.4 Å². The van der Waals surface area contributed by atoms with Crippen LogP contribution in [-0.2, 0) is 25.4 Å². The highest BCUT2D eigenvalue weighted by Gasteiger charge is 2.39. The number of alkyl halides is 6. The molecular weight excluding hydrogens is 514 g/mol. The van der Waals surface area contributed by atoms with Crippen LogP contribution in [0.1, 0.15) is 28.3 Å². The number of H-pyrrole nitrogens is 2. The average molecular weight is 530 g/mol. The van der Waals surface area contributed by atoms with Gasteiger partial charge in [0.05, 0.1) is 41.8 Å². The molecule has 4 heterocycles. The van der Waals surface area contributed by atoms with Crippen LogP contribution in [0.2, 0.25) is 0 Å². The number of rotatable bonds is 4. The van der Waals surface area contributed by atoms with Gasteiger partial charge in [-0.1, -0.05) is 11.2 Å². The van der Waals surface area contributed by atoms with E-state index in [9.17, 15) is 26.3 Å². The number of hydrogen-bond donors (Lipinski definition) is 2. The predicted molar refractivity (Wildman–Crippen MR) is 125 cm³/mol. The van der Waals surface area contributed by atoms with Crippen LogP contribution >= 0.6 is 0 Å². The highest BCUT2D eigenvalue weighted by molar-refractivity contribution is 5.85. The van der Waals surface area contributed by atoms with Gasteiger partial charge in [-0.3, -0.25) is 5.01 Å². The Labute approximate surface area is 209 Å². The van der Waals surface area contributed by atoms with Crippen LogP contribution in [0.4, 0.5) is 26.3 Å². The Bertz CT molecular complexity index is 1680. The largest absolute Gasteiger partial charge is 0.417 e. The molecule has 6 rings (SSSR count). The van der Waals surface area contributed by atoms with E-state index in [4.69, 9.17) is 4.52 Å². The second kappa shape index (κ2) is 8.50. The molecule has 2 N–H and O–H groups in total. The van der Waals surface area contributed by atoms with Crippen molar-refractivity contribution in [2.45, 2.75) is 25.4 Å². The van der Waals surface area contributed by atoms with E-state index in [1.54, 1.807) is 11.2 Å². The molecule has 0 saturated heterocycles. The molecule has 1 aliphatic rings. The smallest absolute Gasteiger partial charge is 0.361 e. The summed E-state index contributed by atoms with van der Waals surface area (Å²) in [4.78, 5) is 11.0. The maximum absolute atomic E-state index is 13.5. The number of halogens is 6. The maximum atomic E-state index is 13.5. The number of nitrogens with zero attached hydrogens (tertiary/aromatic N) is 4. The summed E-state index contributed by atoms with van der Waals surface area (Å²) in [5.41, 5.74) is -0.261. The summed E-state index contributed by atoms with van der Waals surface area (Å²) in [5, 5.41) is 10.6. The first-order valence-corrected chi connectivity index (χ1v) is 11.2. The van der Waals surface area contributed by atoms with Gasteiger partial charge in [0, 0.05) is 34.3 Å². The number of fused-ring (bicyclic) bond motifs is 2. The van der Waals surface area contributed by atoms with Crippen molar-refractivity contribution in [3.8, 4) is 22.6 Å². The van der Waals surface area contributed by atoms with Crippen molar-refractivity contribution in [3.05, 3.63) is 83.0 Å². The topological polar surface area (TPSA) is 86.1 Å². The molecule has 7 nitrogen and oxygen atoms in total. The number of imidazole rings is 1. The highest BCUT2D eigenvalue weighted by Crippen LogP contribution is 2.40. The minimum Gasteiger partial charge on any atom is -0.361 e. The fourth-order valence-electron chi connectivity index (χ4n) is 4.31. The van der Waals surface area contributed by atoms with Gasteiger partial charge in [-0.2, -0.15) is 31.4 Å². The summed E-state index contributed by atoms with van der Waals surface area (Å²) in [5.74, 6) is 0.845. The van der Waals surface area contributed by atoms with Crippen LogP contribution < -0.4 is 0 Å². The zero-order chi connectivity index (χ0) is 26.7. The normalized spacial score (nSPS) is 13.9. The third kappa shape index (κ3) is 4.40. The molecule has 13 heteroatoms. The minimum atomic E-state index is -5.02. The molecule has 194 valence electrons. The molecule has 0 radical (unpaired) electrons. The molecule has 0 fully saturated rings. The van der Waals surface area contributed by atoms with Crippen LogP contribution in [0.15, 0.2) is 64.4 Å². The van der Waals surface area contributed by atoms with Crippen LogP contribution in [0, 0.1) is 0 Å². The van der Waals surface area contributed by atoms with Gasteiger partial charge in [-0.15, -0.1) is 0 Å². The molecule has 0 unspecified atom stereocenters. The van der Waals surface area contributed by atoms with Gasteiger partial charge in [0.2, 0.25) is 0 Å². The molecule has 5 aromatic rings. The van der Waals surface area contributed by atoms with E-state index in [0.29, 0.717) is 24.1 Å². The lowest BCUT2D eigenvalue weighted by atomic mass is 10.0. The number of benzene rings is 2. The van der Waals surface area contributed by atoms with Crippen LogP contribution in [0.5, 0.6) is 0 Å². The standard InChI is InChI=1S/C25H16F6N6O/c26-24(27,28)15-2-3-17(18(8-15)25(29,30)31)20-9-16(38-36-20)11-37-12-22-21(10-33-37)34-23(35-22)14-1-4-19-13(7-14)5-6-32-19/h1-10,32H,11-12H2,(H,34,35). The van der Waals surface area contributed by atoms with Crippen molar-refractivity contribution in [1.29, 1.82) is 0 Å². The van der Waals surface area contributed by atoms with E-state index in [1.807, 2.05) is 30.5 Å². The molecular formula is C25H16F6N6O. The molecule has 0 bridgehead atoms. The summed E-state index contributed by atoms with van der Waals surface area (Å²) >= 11 is 0. The Morgan fingerprint density at radius 1 is 0.947 bits per heavy atom. The number of aromatic amines is 2. The van der Waals surface area contributed by atoms with Crippen molar-refractivity contribution in [2.24, 2.45) is 5.10 Å². The average Bonchev–Trinajstić information content (AvgIpc) is 3.61. The molecule has 0 saturated carbocycles.